The fourth-order valence-corrected chi connectivity index (χ4v) is 1.80. The third-order valence-corrected chi connectivity index (χ3v) is 2.71. The van der Waals surface area contributed by atoms with Crippen molar-refractivity contribution in [2.75, 3.05) is 17.7 Å². The average Bonchev–Trinajstić information content (AvgIpc) is 2.65. The lowest BCUT2D eigenvalue weighted by atomic mass is 10.2. The summed E-state index contributed by atoms with van der Waals surface area (Å²) >= 11 is 6.21. The van der Waals surface area contributed by atoms with Crippen LogP contribution in [-0.2, 0) is 6.18 Å². The van der Waals surface area contributed by atoms with Crippen molar-refractivity contribution in [3.8, 4) is 0 Å². The largest absolute Gasteiger partial charge is 0.452 e. The van der Waals surface area contributed by atoms with Crippen molar-refractivity contribution in [1.82, 2.24) is 9.36 Å². The van der Waals surface area contributed by atoms with E-state index in [1.165, 1.54) is 0 Å². The van der Waals surface area contributed by atoms with Crippen LogP contribution in [0.2, 0.25) is 0 Å². The van der Waals surface area contributed by atoms with E-state index in [1.54, 1.807) is 0 Å². The Kier molecular flexibility index (Phi) is 5.27. The maximum atomic E-state index is 12.1. The van der Waals surface area contributed by atoms with Gasteiger partial charge in [-0.3, -0.25) is 0 Å². The lowest BCUT2D eigenvalue weighted by Gasteiger charge is -2.01. The van der Waals surface area contributed by atoms with Crippen LogP contribution in [-0.4, -0.2) is 21.8 Å². The molecule has 0 spiro atoms. The number of anilines is 1. The Labute approximate surface area is 100 Å². The van der Waals surface area contributed by atoms with E-state index in [0.29, 0.717) is 12.4 Å². The van der Waals surface area contributed by atoms with E-state index in [0.717, 1.165) is 30.8 Å². The molecule has 92 valence electrons. The van der Waals surface area contributed by atoms with Gasteiger partial charge in [0.05, 0.1) is 0 Å². The van der Waals surface area contributed by atoms with E-state index in [1.807, 2.05) is 0 Å². The first-order chi connectivity index (χ1) is 7.54. The predicted octanol–water partition coefficient (Wildman–Crippen LogP) is 3.38. The van der Waals surface area contributed by atoms with Gasteiger partial charge in [0.2, 0.25) is 11.0 Å². The molecule has 0 aliphatic carbocycles. The number of unbranched alkanes of at least 4 members (excludes halogenated alkanes) is 2. The minimum absolute atomic E-state index is 0.207. The maximum Gasteiger partial charge on any atom is 0.452 e. The molecule has 0 saturated carbocycles. The van der Waals surface area contributed by atoms with Gasteiger partial charge < -0.3 is 5.32 Å². The molecule has 0 aliphatic rings. The zero-order valence-electron chi connectivity index (χ0n) is 8.35. The van der Waals surface area contributed by atoms with Crippen LogP contribution in [0.15, 0.2) is 0 Å². The molecule has 1 aromatic heterocycles. The molecule has 0 unspecified atom stereocenters. The molecule has 1 rings (SSSR count). The second-order valence-electron chi connectivity index (χ2n) is 3.10. The van der Waals surface area contributed by atoms with Crippen molar-refractivity contribution < 1.29 is 13.2 Å². The summed E-state index contributed by atoms with van der Waals surface area (Å²) in [6, 6.07) is 0. The monoisotopic (exact) mass is 273 g/mol. The summed E-state index contributed by atoms with van der Waals surface area (Å²) in [6.45, 7) is 0.587. The molecular formula is C8H11ClF3N3S. The van der Waals surface area contributed by atoms with Crippen molar-refractivity contribution in [2.45, 2.75) is 25.4 Å². The molecule has 1 heterocycles. The first-order valence-corrected chi connectivity index (χ1v) is 6.05. The molecule has 0 amide bonds. The number of hydrogen-bond donors (Lipinski definition) is 1. The molecule has 0 fully saturated rings. The SMILES string of the molecule is FC(F)(F)c1nsc(NCCCCCCl)n1. The third kappa shape index (κ3) is 4.52. The van der Waals surface area contributed by atoms with Crippen LogP contribution in [0.3, 0.4) is 0 Å². The van der Waals surface area contributed by atoms with Gasteiger partial charge in [-0.25, -0.2) is 0 Å². The highest BCUT2D eigenvalue weighted by Crippen LogP contribution is 2.28. The van der Waals surface area contributed by atoms with Crippen LogP contribution in [0.4, 0.5) is 18.3 Å². The van der Waals surface area contributed by atoms with Gasteiger partial charge in [-0.05, 0) is 12.8 Å². The molecule has 3 nitrogen and oxygen atoms in total. The first kappa shape index (κ1) is 13.5. The lowest BCUT2D eigenvalue weighted by Crippen LogP contribution is -2.08. The van der Waals surface area contributed by atoms with Crippen molar-refractivity contribution >= 4 is 28.3 Å². The zero-order chi connectivity index (χ0) is 12.0. The molecule has 0 atom stereocenters. The normalized spacial score (nSPS) is 11.8. The molecule has 0 aliphatic heterocycles. The summed E-state index contributed by atoms with van der Waals surface area (Å²) in [5.41, 5.74) is 0. The van der Waals surface area contributed by atoms with Crippen LogP contribution in [0.1, 0.15) is 25.1 Å². The van der Waals surface area contributed by atoms with Gasteiger partial charge in [0.1, 0.15) is 0 Å². The summed E-state index contributed by atoms with van der Waals surface area (Å²) in [5.74, 6) is -0.474. The second kappa shape index (κ2) is 6.24. The fraction of sp³-hybridized carbons (Fsp3) is 0.750. The van der Waals surface area contributed by atoms with Gasteiger partial charge in [-0.1, -0.05) is 6.42 Å². The van der Waals surface area contributed by atoms with Gasteiger partial charge >= 0.3 is 6.18 Å². The summed E-state index contributed by atoms with van der Waals surface area (Å²) in [6.07, 6.45) is -1.75. The van der Waals surface area contributed by atoms with E-state index in [4.69, 9.17) is 11.6 Å². The Balaban J connectivity index is 2.30. The molecule has 0 saturated heterocycles. The summed E-state index contributed by atoms with van der Waals surface area (Å²) < 4.78 is 39.6. The van der Waals surface area contributed by atoms with E-state index in [-0.39, 0.29) is 5.13 Å². The molecular weight excluding hydrogens is 263 g/mol. The molecule has 1 N–H and O–H groups in total. The van der Waals surface area contributed by atoms with Crippen molar-refractivity contribution in [3.05, 3.63) is 5.82 Å². The van der Waals surface area contributed by atoms with Gasteiger partial charge in [-0.15, -0.1) is 11.6 Å². The van der Waals surface area contributed by atoms with Gasteiger partial charge in [0.15, 0.2) is 0 Å². The van der Waals surface area contributed by atoms with Crippen molar-refractivity contribution in [2.24, 2.45) is 0 Å². The van der Waals surface area contributed by atoms with E-state index < -0.39 is 12.0 Å². The maximum absolute atomic E-state index is 12.1. The number of nitrogens with one attached hydrogen (secondary N) is 1. The molecule has 0 aromatic carbocycles. The summed E-state index contributed by atoms with van der Waals surface area (Å²) in [4.78, 5) is 3.34. The van der Waals surface area contributed by atoms with Gasteiger partial charge in [-0.2, -0.15) is 22.5 Å². The van der Waals surface area contributed by atoms with Crippen LogP contribution in [0.5, 0.6) is 0 Å². The Morgan fingerprint density at radius 2 is 2.00 bits per heavy atom. The number of alkyl halides is 4. The highest BCUT2D eigenvalue weighted by atomic mass is 35.5. The van der Waals surface area contributed by atoms with E-state index in [2.05, 4.69) is 14.7 Å². The topological polar surface area (TPSA) is 37.8 Å². The van der Waals surface area contributed by atoms with Crippen LogP contribution >= 0.6 is 23.1 Å². The second-order valence-corrected chi connectivity index (χ2v) is 4.23. The average molecular weight is 274 g/mol. The molecule has 0 radical (unpaired) electrons. The number of hydrogen-bond acceptors (Lipinski definition) is 4. The Bertz CT molecular complexity index is 316. The molecule has 8 heteroatoms. The number of aromatic nitrogens is 2. The smallest absolute Gasteiger partial charge is 0.360 e. The number of nitrogens with zero attached hydrogens (tertiary/aromatic N) is 2. The molecule has 16 heavy (non-hydrogen) atoms. The van der Waals surface area contributed by atoms with Gasteiger partial charge in [0, 0.05) is 24.0 Å². The molecule has 0 bridgehead atoms. The highest BCUT2D eigenvalue weighted by molar-refractivity contribution is 7.09. The number of halogens is 4. The predicted molar refractivity (Wildman–Crippen MR) is 58.0 cm³/mol. The highest BCUT2D eigenvalue weighted by Gasteiger charge is 2.35. The Morgan fingerprint density at radius 3 is 2.56 bits per heavy atom. The Hall–Kier alpha value is -0.560. The van der Waals surface area contributed by atoms with Gasteiger partial charge in [0.25, 0.3) is 0 Å². The van der Waals surface area contributed by atoms with Crippen molar-refractivity contribution in [1.29, 1.82) is 0 Å². The van der Waals surface area contributed by atoms with Crippen LogP contribution in [0.25, 0.3) is 0 Å². The summed E-state index contributed by atoms with van der Waals surface area (Å²) in [5, 5.41) is 3.00. The van der Waals surface area contributed by atoms with E-state index in [9.17, 15) is 13.2 Å². The summed E-state index contributed by atoms with van der Waals surface area (Å²) in [7, 11) is 0. The minimum atomic E-state index is -4.46. The zero-order valence-corrected chi connectivity index (χ0v) is 9.92. The van der Waals surface area contributed by atoms with Crippen LogP contribution in [0, 0.1) is 0 Å². The van der Waals surface area contributed by atoms with Crippen molar-refractivity contribution in [3.63, 3.8) is 0 Å². The quantitative estimate of drug-likeness (QED) is 0.638. The standard InChI is InChI=1S/C8H11ClF3N3S/c9-4-2-1-3-5-13-7-14-6(15-16-7)8(10,11)12/h1-5H2,(H,13,14,15). The third-order valence-electron chi connectivity index (χ3n) is 1.77. The van der Waals surface area contributed by atoms with E-state index >= 15 is 0 Å². The number of rotatable bonds is 6. The Morgan fingerprint density at radius 1 is 1.25 bits per heavy atom. The first-order valence-electron chi connectivity index (χ1n) is 4.75. The van der Waals surface area contributed by atoms with Crippen LogP contribution < -0.4 is 5.32 Å². The fourth-order valence-electron chi connectivity index (χ4n) is 1.00. The minimum Gasteiger partial charge on any atom is -0.360 e. The lowest BCUT2D eigenvalue weighted by molar-refractivity contribution is -0.144. The molecule has 1 aromatic rings.